The lowest BCUT2D eigenvalue weighted by atomic mass is 9.97. The van der Waals surface area contributed by atoms with E-state index in [-0.39, 0.29) is 0 Å². The van der Waals surface area contributed by atoms with E-state index in [1.165, 1.54) is 11.1 Å². The van der Waals surface area contributed by atoms with Crippen LogP contribution in [0.1, 0.15) is 24.0 Å². The normalized spacial score (nSPS) is 20.2. The fourth-order valence-electron chi connectivity index (χ4n) is 2.33. The minimum absolute atomic E-state index is 0.387. The summed E-state index contributed by atoms with van der Waals surface area (Å²) in [4.78, 5) is 0. The highest BCUT2D eigenvalue weighted by Gasteiger charge is 2.13. The van der Waals surface area contributed by atoms with E-state index in [0.29, 0.717) is 6.04 Å². The number of allylic oxidation sites excluding steroid dienone is 2. The van der Waals surface area contributed by atoms with Crippen LogP contribution < -0.4 is 5.32 Å². The Labute approximate surface area is 108 Å². The van der Waals surface area contributed by atoms with Crippen LogP contribution in [-0.4, -0.2) is 6.04 Å². The van der Waals surface area contributed by atoms with Gasteiger partial charge in [0, 0.05) is 18.0 Å². The van der Waals surface area contributed by atoms with Crippen molar-refractivity contribution in [1.82, 2.24) is 5.32 Å². The van der Waals surface area contributed by atoms with E-state index in [1.807, 2.05) is 6.08 Å². The molecule has 18 heavy (non-hydrogen) atoms. The Balaban J connectivity index is 1.83. The smallest absolute Gasteiger partial charge is 0.0849 e. The zero-order chi connectivity index (χ0) is 12.2. The van der Waals surface area contributed by atoms with E-state index in [9.17, 15) is 0 Å². The van der Waals surface area contributed by atoms with Crippen molar-refractivity contribution < 1.29 is 0 Å². The quantitative estimate of drug-likeness (QED) is 0.611. The third-order valence-electron chi connectivity index (χ3n) is 3.28. The number of fused-ring (bicyclic) bond motifs is 1. The molecule has 1 atom stereocenters. The third kappa shape index (κ3) is 2.25. The maximum Gasteiger partial charge on any atom is 0.0849 e. The van der Waals surface area contributed by atoms with Crippen LogP contribution in [0, 0.1) is 11.8 Å². The Morgan fingerprint density at radius 2 is 2.17 bits per heavy atom. The highest BCUT2D eigenvalue weighted by molar-refractivity contribution is 5.68. The molecule has 0 heterocycles. The minimum atomic E-state index is 0.387. The lowest BCUT2D eigenvalue weighted by Gasteiger charge is -2.20. The minimum Gasteiger partial charge on any atom is -0.374 e. The molecule has 0 radical (unpaired) electrons. The van der Waals surface area contributed by atoms with Crippen LogP contribution in [0.2, 0.25) is 0 Å². The summed E-state index contributed by atoms with van der Waals surface area (Å²) < 4.78 is 0. The first kappa shape index (κ1) is 11.0. The van der Waals surface area contributed by atoms with Gasteiger partial charge < -0.3 is 5.32 Å². The Morgan fingerprint density at radius 3 is 3.17 bits per heavy atom. The Bertz CT molecular complexity index is 604. The van der Waals surface area contributed by atoms with Crippen molar-refractivity contribution in [3.8, 4) is 11.8 Å². The van der Waals surface area contributed by atoms with Crippen molar-refractivity contribution in [1.29, 1.82) is 0 Å². The molecule has 2 aliphatic rings. The van der Waals surface area contributed by atoms with E-state index in [4.69, 9.17) is 0 Å². The highest BCUT2D eigenvalue weighted by Crippen LogP contribution is 2.22. The van der Waals surface area contributed by atoms with Gasteiger partial charge in [0.2, 0.25) is 0 Å². The van der Waals surface area contributed by atoms with Crippen molar-refractivity contribution in [2.45, 2.75) is 25.3 Å². The van der Waals surface area contributed by atoms with Gasteiger partial charge in [-0.25, -0.2) is 0 Å². The van der Waals surface area contributed by atoms with Gasteiger partial charge in [0.25, 0.3) is 0 Å². The molecule has 1 N–H and O–H groups in total. The van der Waals surface area contributed by atoms with Crippen molar-refractivity contribution in [2.75, 3.05) is 0 Å². The van der Waals surface area contributed by atoms with Gasteiger partial charge in [0.1, 0.15) is 0 Å². The number of benzene rings is 1. The summed E-state index contributed by atoms with van der Waals surface area (Å²) >= 11 is 0. The monoisotopic (exact) mass is 233 g/mol. The van der Waals surface area contributed by atoms with Gasteiger partial charge in [0.15, 0.2) is 0 Å². The van der Waals surface area contributed by atoms with Crippen LogP contribution in [0.15, 0.2) is 48.2 Å². The maximum atomic E-state index is 3.57. The molecule has 1 nitrogen and oxygen atoms in total. The molecule has 0 amide bonds. The van der Waals surface area contributed by atoms with Gasteiger partial charge >= 0.3 is 0 Å². The summed E-state index contributed by atoms with van der Waals surface area (Å²) in [5.74, 6) is 6.19. The van der Waals surface area contributed by atoms with Gasteiger partial charge in [-0.2, -0.15) is 0 Å². The van der Waals surface area contributed by atoms with E-state index in [0.717, 1.165) is 25.0 Å². The van der Waals surface area contributed by atoms with Crippen LogP contribution in [0.25, 0.3) is 5.70 Å². The topological polar surface area (TPSA) is 12.0 Å². The molecule has 0 spiro atoms. The fourth-order valence-corrected chi connectivity index (χ4v) is 2.33. The van der Waals surface area contributed by atoms with Crippen molar-refractivity contribution in [3.05, 3.63) is 59.4 Å². The third-order valence-corrected chi connectivity index (χ3v) is 3.28. The summed E-state index contributed by atoms with van der Waals surface area (Å²) in [7, 11) is 0. The molecule has 0 saturated carbocycles. The van der Waals surface area contributed by atoms with Crippen LogP contribution in [0.3, 0.4) is 0 Å². The van der Waals surface area contributed by atoms with Gasteiger partial charge in [-0.3, -0.25) is 0 Å². The summed E-state index contributed by atoms with van der Waals surface area (Å²) in [5, 5.41) is 3.57. The largest absolute Gasteiger partial charge is 0.374 e. The van der Waals surface area contributed by atoms with E-state index in [1.54, 1.807) is 0 Å². The van der Waals surface area contributed by atoms with Crippen LogP contribution >= 0.6 is 0 Å². The van der Waals surface area contributed by atoms with Crippen LogP contribution in [0.5, 0.6) is 0 Å². The predicted molar refractivity (Wildman–Crippen MR) is 74.7 cm³/mol. The Hall–Kier alpha value is -2.16. The molecule has 0 aliphatic heterocycles. The molecule has 0 aromatic heterocycles. The average molecular weight is 233 g/mol. The van der Waals surface area contributed by atoms with Crippen LogP contribution in [-0.2, 0) is 6.42 Å². The fraction of sp³-hybridized carbons (Fsp3) is 0.235. The molecule has 1 heteroatoms. The van der Waals surface area contributed by atoms with E-state index < -0.39 is 0 Å². The number of nitrogens with one attached hydrogen (secondary N) is 1. The van der Waals surface area contributed by atoms with E-state index >= 15 is 0 Å². The second-order valence-corrected chi connectivity index (χ2v) is 4.59. The highest BCUT2D eigenvalue weighted by atomic mass is 14.9. The summed E-state index contributed by atoms with van der Waals surface area (Å²) in [6.45, 7) is 0. The molecular weight excluding hydrogens is 218 g/mol. The first-order chi connectivity index (χ1) is 8.93. The SMILES string of the molecule is C1=CCc2ccccc2C=1NC1CC#CC=CC1. The lowest BCUT2D eigenvalue weighted by Crippen LogP contribution is -2.27. The molecule has 2 aliphatic carbocycles. The first-order valence-corrected chi connectivity index (χ1v) is 6.37. The maximum absolute atomic E-state index is 3.57. The second kappa shape index (κ2) is 5.00. The lowest BCUT2D eigenvalue weighted by molar-refractivity contribution is 0.621. The van der Waals surface area contributed by atoms with Gasteiger partial charge in [-0.1, -0.05) is 47.9 Å². The molecule has 3 rings (SSSR count). The first-order valence-electron chi connectivity index (χ1n) is 6.37. The zero-order valence-electron chi connectivity index (χ0n) is 10.2. The van der Waals surface area contributed by atoms with Gasteiger partial charge in [-0.05, 0) is 30.6 Å². The Morgan fingerprint density at radius 1 is 1.22 bits per heavy atom. The van der Waals surface area contributed by atoms with Crippen molar-refractivity contribution in [2.24, 2.45) is 0 Å². The summed E-state index contributed by atoms with van der Waals surface area (Å²) in [6, 6.07) is 8.91. The predicted octanol–water partition coefficient (Wildman–Crippen LogP) is 3.05. The number of rotatable bonds is 2. The molecular formula is C17H15N. The molecule has 88 valence electrons. The average Bonchev–Trinajstić information content (AvgIpc) is 2.68. The van der Waals surface area contributed by atoms with E-state index in [2.05, 4.69) is 59.3 Å². The van der Waals surface area contributed by atoms with Crippen molar-refractivity contribution >= 4 is 5.70 Å². The molecule has 1 aromatic rings. The standard InChI is InChI=1S/C17H15N/c1-2-4-11-15(10-3-1)18-17-13-7-9-14-8-5-6-12-16(14)17/h1,3,5-8,12,15,18H,9-11H2. The second-order valence-electron chi connectivity index (χ2n) is 4.59. The van der Waals surface area contributed by atoms with Crippen LogP contribution in [0.4, 0.5) is 0 Å². The number of hydrogen-bond acceptors (Lipinski definition) is 1. The van der Waals surface area contributed by atoms with Crippen molar-refractivity contribution in [3.63, 3.8) is 0 Å². The van der Waals surface area contributed by atoms with Gasteiger partial charge in [-0.15, -0.1) is 0 Å². The number of hydrogen-bond donors (Lipinski definition) is 1. The molecule has 1 aromatic carbocycles. The summed E-state index contributed by atoms with van der Waals surface area (Å²) in [6.07, 6.45) is 9.06. The van der Waals surface area contributed by atoms with Gasteiger partial charge in [0.05, 0.1) is 5.70 Å². The molecule has 0 fully saturated rings. The Kier molecular flexibility index (Phi) is 3.05. The summed E-state index contributed by atoms with van der Waals surface area (Å²) in [5.41, 5.74) is 7.11. The molecule has 0 bridgehead atoms. The molecule has 0 saturated heterocycles. The zero-order valence-corrected chi connectivity index (χ0v) is 10.2. The molecule has 1 unspecified atom stereocenters.